The summed E-state index contributed by atoms with van der Waals surface area (Å²) in [6.07, 6.45) is 11.3. The van der Waals surface area contributed by atoms with E-state index < -0.39 is 0 Å². The number of aliphatic hydroxyl groups is 1. The Hall–Kier alpha value is -0.340. The fraction of sp³-hybridized carbons (Fsp3) is 0.857. The van der Waals surface area contributed by atoms with Crippen LogP contribution in [0.25, 0.3) is 0 Å². The number of allylic oxidation sites excluding steroid dienone is 1. The second-order valence-electron chi connectivity index (χ2n) is 5.31. The lowest BCUT2D eigenvalue weighted by Gasteiger charge is -2.28. The maximum Gasteiger partial charge on any atom is 0.0774 e. The van der Waals surface area contributed by atoms with E-state index in [1.807, 2.05) is 6.08 Å². The Labute approximate surface area is 100 Å². The second-order valence-corrected chi connectivity index (χ2v) is 5.31. The maximum absolute atomic E-state index is 10.2. The molecule has 1 rings (SSSR count). The molecule has 0 atom stereocenters. The first-order chi connectivity index (χ1) is 7.66. The molecule has 0 saturated heterocycles. The Morgan fingerprint density at radius 1 is 1.25 bits per heavy atom. The minimum absolute atomic E-state index is 0.379. The fourth-order valence-electron chi connectivity index (χ4n) is 2.62. The number of rotatable bonds is 8. The van der Waals surface area contributed by atoms with E-state index in [4.69, 9.17) is 0 Å². The van der Waals surface area contributed by atoms with Gasteiger partial charge in [-0.15, -0.1) is 6.58 Å². The lowest BCUT2D eigenvalue weighted by atomic mass is 10.0. The molecule has 16 heavy (non-hydrogen) atoms. The number of hydrogen-bond acceptors (Lipinski definition) is 2. The molecule has 1 fully saturated rings. The topological polar surface area (TPSA) is 23.5 Å². The third-order valence-electron chi connectivity index (χ3n) is 3.55. The van der Waals surface area contributed by atoms with E-state index in [1.165, 1.54) is 32.1 Å². The van der Waals surface area contributed by atoms with Crippen LogP contribution in [0.3, 0.4) is 0 Å². The van der Waals surface area contributed by atoms with Crippen molar-refractivity contribution in [1.82, 2.24) is 4.90 Å². The first-order valence-electron chi connectivity index (χ1n) is 6.68. The zero-order chi connectivity index (χ0) is 11.9. The van der Waals surface area contributed by atoms with Gasteiger partial charge in [0.15, 0.2) is 0 Å². The standard InChI is InChI=1S/C14H27NO/c1-3-4-5-6-9-12-15(2)13-14(16)10-7-8-11-14/h3,16H,1,4-13H2,2H3. The summed E-state index contributed by atoms with van der Waals surface area (Å²) < 4.78 is 0. The van der Waals surface area contributed by atoms with Crippen LogP contribution in [0.4, 0.5) is 0 Å². The van der Waals surface area contributed by atoms with E-state index in [1.54, 1.807) is 0 Å². The van der Waals surface area contributed by atoms with Crippen molar-refractivity contribution < 1.29 is 5.11 Å². The second kappa shape index (κ2) is 7.08. The Morgan fingerprint density at radius 2 is 1.94 bits per heavy atom. The first-order valence-corrected chi connectivity index (χ1v) is 6.68. The highest BCUT2D eigenvalue weighted by Gasteiger charge is 2.31. The molecular weight excluding hydrogens is 198 g/mol. The van der Waals surface area contributed by atoms with Gasteiger partial charge < -0.3 is 10.0 Å². The van der Waals surface area contributed by atoms with E-state index >= 15 is 0 Å². The smallest absolute Gasteiger partial charge is 0.0774 e. The van der Waals surface area contributed by atoms with E-state index in [-0.39, 0.29) is 5.60 Å². The van der Waals surface area contributed by atoms with Gasteiger partial charge in [0.1, 0.15) is 0 Å². The minimum Gasteiger partial charge on any atom is -0.389 e. The zero-order valence-electron chi connectivity index (χ0n) is 10.7. The van der Waals surface area contributed by atoms with Crippen LogP contribution >= 0.6 is 0 Å². The highest BCUT2D eigenvalue weighted by molar-refractivity contribution is 4.86. The quantitative estimate of drug-likeness (QED) is 0.507. The molecule has 2 nitrogen and oxygen atoms in total. The lowest BCUT2D eigenvalue weighted by molar-refractivity contribution is 0.0161. The fourth-order valence-corrected chi connectivity index (χ4v) is 2.62. The third-order valence-corrected chi connectivity index (χ3v) is 3.55. The van der Waals surface area contributed by atoms with E-state index in [2.05, 4.69) is 18.5 Å². The molecular formula is C14H27NO. The van der Waals surface area contributed by atoms with Crippen LogP contribution in [-0.2, 0) is 0 Å². The minimum atomic E-state index is -0.379. The molecule has 0 spiro atoms. The highest BCUT2D eigenvalue weighted by atomic mass is 16.3. The van der Waals surface area contributed by atoms with Gasteiger partial charge in [-0.05, 0) is 45.7 Å². The largest absolute Gasteiger partial charge is 0.389 e. The van der Waals surface area contributed by atoms with Crippen molar-refractivity contribution in [1.29, 1.82) is 0 Å². The molecule has 2 heteroatoms. The average molecular weight is 225 g/mol. The predicted molar refractivity (Wildman–Crippen MR) is 69.6 cm³/mol. The summed E-state index contributed by atoms with van der Waals surface area (Å²) in [6, 6.07) is 0. The molecule has 0 amide bonds. The molecule has 0 aromatic heterocycles. The van der Waals surface area contributed by atoms with Crippen LogP contribution < -0.4 is 0 Å². The molecule has 94 valence electrons. The monoisotopic (exact) mass is 225 g/mol. The molecule has 1 aliphatic rings. The van der Waals surface area contributed by atoms with Crippen LogP contribution in [0.1, 0.15) is 51.4 Å². The van der Waals surface area contributed by atoms with Gasteiger partial charge in [0, 0.05) is 6.54 Å². The van der Waals surface area contributed by atoms with Gasteiger partial charge in [0.05, 0.1) is 5.60 Å². The summed E-state index contributed by atoms with van der Waals surface area (Å²) >= 11 is 0. The van der Waals surface area contributed by atoms with E-state index in [0.29, 0.717) is 0 Å². The van der Waals surface area contributed by atoms with Crippen LogP contribution in [0.2, 0.25) is 0 Å². The van der Waals surface area contributed by atoms with Crippen molar-refractivity contribution in [3.8, 4) is 0 Å². The van der Waals surface area contributed by atoms with Crippen molar-refractivity contribution in [3.63, 3.8) is 0 Å². The van der Waals surface area contributed by atoms with Crippen LogP contribution in [0, 0.1) is 0 Å². The summed E-state index contributed by atoms with van der Waals surface area (Å²) in [5.41, 5.74) is -0.379. The number of hydrogen-bond donors (Lipinski definition) is 1. The number of unbranched alkanes of at least 4 members (excludes halogenated alkanes) is 3. The molecule has 0 aliphatic heterocycles. The summed E-state index contributed by atoms with van der Waals surface area (Å²) in [6.45, 7) is 5.69. The summed E-state index contributed by atoms with van der Waals surface area (Å²) in [4.78, 5) is 2.29. The summed E-state index contributed by atoms with van der Waals surface area (Å²) in [5.74, 6) is 0. The predicted octanol–water partition coefficient (Wildman–Crippen LogP) is 2.97. The number of nitrogens with zero attached hydrogens (tertiary/aromatic N) is 1. The van der Waals surface area contributed by atoms with Crippen LogP contribution in [-0.4, -0.2) is 35.7 Å². The van der Waals surface area contributed by atoms with Crippen molar-refractivity contribution in [2.75, 3.05) is 20.1 Å². The molecule has 0 unspecified atom stereocenters. The van der Waals surface area contributed by atoms with Gasteiger partial charge in [-0.3, -0.25) is 0 Å². The average Bonchev–Trinajstić information content (AvgIpc) is 2.64. The normalized spacial score (nSPS) is 19.2. The van der Waals surface area contributed by atoms with Crippen LogP contribution in [0.5, 0.6) is 0 Å². The molecule has 1 saturated carbocycles. The van der Waals surface area contributed by atoms with Gasteiger partial charge in [0.25, 0.3) is 0 Å². The first kappa shape index (κ1) is 13.7. The zero-order valence-corrected chi connectivity index (χ0v) is 10.7. The van der Waals surface area contributed by atoms with Gasteiger partial charge >= 0.3 is 0 Å². The lowest BCUT2D eigenvalue weighted by Crippen LogP contribution is -2.39. The van der Waals surface area contributed by atoms with Gasteiger partial charge in [-0.2, -0.15) is 0 Å². The number of likely N-dealkylation sites (N-methyl/N-ethyl adjacent to an activating group) is 1. The Bertz CT molecular complexity index is 197. The van der Waals surface area contributed by atoms with Gasteiger partial charge in [-0.25, -0.2) is 0 Å². The molecule has 0 aromatic carbocycles. The summed E-state index contributed by atoms with van der Waals surface area (Å²) in [7, 11) is 2.13. The molecule has 0 bridgehead atoms. The van der Waals surface area contributed by atoms with E-state index in [9.17, 15) is 5.11 Å². The van der Waals surface area contributed by atoms with Crippen molar-refractivity contribution in [2.24, 2.45) is 0 Å². The maximum atomic E-state index is 10.2. The SMILES string of the molecule is C=CCCCCCN(C)CC1(O)CCCC1. The van der Waals surface area contributed by atoms with Crippen molar-refractivity contribution in [3.05, 3.63) is 12.7 Å². The van der Waals surface area contributed by atoms with Gasteiger partial charge in [-0.1, -0.05) is 25.3 Å². The summed E-state index contributed by atoms with van der Waals surface area (Å²) in [5, 5.41) is 10.2. The molecule has 1 N–H and O–H groups in total. The molecule has 0 aromatic rings. The molecule has 0 radical (unpaired) electrons. The molecule has 0 heterocycles. The van der Waals surface area contributed by atoms with Crippen molar-refractivity contribution >= 4 is 0 Å². The highest BCUT2D eigenvalue weighted by Crippen LogP contribution is 2.29. The Kier molecular flexibility index (Phi) is 6.07. The van der Waals surface area contributed by atoms with Crippen molar-refractivity contribution in [2.45, 2.75) is 57.0 Å². The van der Waals surface area contributed by atoms with Crippen LogP contribution in [0.15, 0.2) is 12.7 Å². The Balaban J connectivity index is 2.06. The molecule has 1 aliphatic carbocycles. The van der Waals surface area contributed by atoms with Gasteiger partial charge in [0.2, 0.25) is 0 Å². The van der Waals surface area contributed by atoms with E-state index in [0.717, 1.165) is 32.4 Å². The Morgan fingerprint density at radius 3 is 2.56 bits per heavy atom. The third kappa shape index (κ3) is 5.13.